The Morgan fingerprint density at radius 1 is 1.50 bits per heavy atom. The topological polar surface area (TPSA) is 52.6 Å². The van der Waals surface area contributed by atoms with E-state index >= 15 is 0 Å². The van der Waals surface area contributed by atoms with Gasteiger partial charge < -0.3 is 15.3 Å². The molecule has 0 saturated heterocycles. The normalized spacial score (nSPS) is 12.5. The molecule has 4 nitrogen and oxygen atoms in total. The average Bonchev–Trinajstić information content (AvgIpc) is 2.29. The van der Waals surface area contributed by atoms with Gasteiger partial charge in [0.25, 0.3) is 5.91 Å². The first kappa shape index (κ1) is 14.8. The molecule has 0 aliphatic carbocycles. The minimum Gasteiger partial charge on any atom is -0.508 e. The van der Waals surface area contributed by atoms with Crippen molar-refractivity contribution in [3.05, 3.63) is 28.8 Å². The second-order valence-corrected chi connectivity index (χ2v) is 5.04. The van der Waals surface area contributed by atoms with E-state index in [0.717, 1.165) is 13.0 Å². The second kappa shape index (κ2) is 6.61. The van der Waals surface area contributed by atoms with E-state index in [0.29, 0.717) is 10.6 Å². The Morgan fingerprint density at radius 2 is 2.17 bits per heavy atom. The van der Waals surface area contributed by atoms with Crippen molar-refractivity contribution in [1.29, 1.82) is 0 Å². The molecule has 1 amide bonds. The third-order valence-electron chi connectivity index (χ3n) is 2.58. The van der Waals surface area contributed by atoms with Crippen LogP contribution in [0.15, 0.2) is 18.2 Å². The Morgan fingerprint density at radius 3 is 2.78 bits per heavy atom. The number of carbonyl (C=O) groups excluding carboxylic acids is 1. The van der Waals surface area contributed by atoms with Crippen LogP contribution in [0.25, 0.3) is 0 Å². The monoisotopic (exact) mass is 270 g/mol. The molecule has 0 spiro atoms. The molecule has 100 valence electrons. The van der Waals surface area contributed by atoms with E-state index in [1.807, 2.05) is 21.0 Å². The van der Waals surface area contributed by atoms with Gasteiger partial charge in [-0.2, -0.15) is 0 Å². The van der Waals surface area contributed by atoms with E-state index in [9.17, 15) is 9.90 Å². The summed E-state index contributed by atoms with van der Waals surface area (Å²) in [7, 11) is 3.97. The predicted octanol–water partition coefficient (Wildman–Crippen LogP) is 2.12. The standard InChI is InChI=1S/C13H19ClN2O2/c1-9(6-7-16(2)3)15-13(18)11-8-10(17)4-5-12(11)14/h4-5,8-9,17H,6-7H2,1-3H3,(H,15,18). The number of benzene rings is 1. The van der Waals surface area contributed by atoms with Crippen molar-refractivity contribution in [3.63, 3.8) is 0 Å². The van der Waals surface area contributed by atoms with E-state index in [1.165, 1.54) is 18.2 Å². The van der Waals surface area contributed by atoms with Crippen molar-refractivity contribution in [2.45, 2.75) is 19.4 Å². The summed E-state index contributed by atoms with van der Waals surface area (Å²) < 4.78 is 0. The number of aromatic hydroxyl groups is 1. The Hall–Kier alpha value is -1.26. The molecular weight excluding hydrogens is 252 g/mol. The quantitative estimate of drug-likeness (QED) is 0.862. The van der Waals surface area contributed by atoms with Crippen molar-refractivity contribution in [2.75, 3.05) is 20.6 Å². The minimum atomic E-state index is -0.262. The van der Waals surface area contributed by atoms with Crippen LogP contribution in [-0.4, -0.2) is 42.6 Å². The molecule has 2 N–H and O–H groups in total. The van der Waals surface area contributed by atoms with Crippen molar-refractivity contribution in [1.82, 2.24) is 10.2 Å². The second-order valence-electron chi connectivity index (χ2n) is 4.63. The molecule has 0 aliphatic heterocycles. The highest BCUT2D eigenvalue weighted by atomic mass is 35.5. The van der Waals surface area contributed by atoms with Crippen LogP contribution in [0.5, 0.6) is 5.75 Å². The molecule has 1 aromatic rings. The molecule has 1 atom stereocenters. The van der Waals surface area contributed by atoms with Gasteiger partial charge in [0.15, 0.2) is 0 Å². The zero-order valence-electron chi connectivity index (χ0n) is 10.9. The lowest BCUT2D eigenvalue weighted by atomic mass is 10.1. The van der Waals surface area contributed by atoms with Gasteiger partial charge in [-0.25, -0.2) is 0 Å². The molecule has 5 heteroatoms. The van der Waals surface area contributed by atoms with E-state index in [2.05, 4.69) is 10.2 Å². The molecule has 0 aromatic heterocycles. The molecule has 1 aromatic carbocycles. The van der Waals surface area contributed by atoms with Crippen molar-refractivity contribution in [3.8, 4) is 5.75 Å². The van der Waals surface area contributed by atoms with E-state index in [-0.39, 0.29) is 17.7 Å². The SMILES string of the molecule is CC(CCN(C)C)NC(=O)c1cc(O)ccc1Cl. The van der Waals surface area contributed by atoms with Gasteiger partial charge in [0.1, 0.15) is 5.75 Å². The molecule has 1 unspecified atom stereocenters. The number of rotatable bonds is 5. The maximum absolute atomic E-state index is 12.0. The number of phenolic OH excluding ortho intramolecular Hbond substituents is 1. The number of amides is 1. The predicted molar refractivity (Wildman–Crippen MR) is 73.2 cm³/mol. The van der Waals surface area contributed by atoms with Crippen LogP contribution < -0.4 is 5.32 Å². The van der Waals surface area contributed by atoms with E-state index < -0.39 is 0 Å². The first-order chi connectivity index (χ1) is 8.40. The lowest BCUT2D eigenvalue weighted by molar-refractivity contribution is 0.0936. The van der Waals surface area contributed by atoms with Crippen LogP contribution in [-0.2, 0) is 0 Å². The molecule has 0 bridgehead atoms. The first-order valence-electron chi connectivity index (χ1n) is 5.84. The number of phenols is 1. The van der Waals surface area contributed by atoms with Crippen LogP contribution >= 0.6 is 11.6 Å². The smallest absolute Gasteiger partial charge is 0.253 e. The average molecular weight is 271 g/mol. The molecule has 0 saturated carbocycles. The van der Waals surface area contributed by atoms with Crippen molar-refractivity contribution in [2.24, 2.45) is 0 Å². The fourth-order valence-electron chi connectivity index (χ4n) is 1.51. The summed E-state index contributed by atoms with van der Waals surface area (Å²) in [5.74, 6) is -0.229. The minimum absolute atomic E-state index is 0.0329. The van der Waals surface area contributed by atoms with Crippen LogP contribution in [0.3, 0.4) is 0 Å². The lowest BCUT2D eigenvalue weighted by Gasteiger charge is -2.17. The van der Waals surface area contributed by atoms with Crippen LogP contribution in [0.4, 0.5) is 0 Å². The number of halogens is 1. The number of hydrogen-bond acceptors (Lipinski definition) is 3. The number of carbonyl (C=O) groups is 1. The summed E-state index contributed by atoms with van der Waals surface area (Å²) in [5, 5.41) is 12.5. The Kier molecular flexibility index (Phi) is 5.44. The van der Waals surface area contributed by atoms with Crippen LogP contribution in [0, 0.1) is 0 Å². The molecular formula is C13H19ClN2O2. The highest BCUT2D eigenvalue weighted by Crippen LogP contribution is 2.21. The zero-order valence-corrected chi connectivity index (χ0v) is 11.7. The van der Waals surface area contributed by atoms with Crippen molar-refractivity contribution < 1.29 is 9.90 Å². The third kappa shape index (κ3) is 4.55. The summed E-state index contributed by atoms with van der Waals surface area (Å²) in [4.78, 5) is 14.0. The lowest BCUT2D eigenvalue weighted by Crippen LogP contribution is -2.34. The number of nitrogens with one attached hydrogen (secondary N) is 1. The van der Waals surface area contributed by atoms with Gasteiger partial charge >= 0.3 is 0 Å². The molecule has 0 fully saturated rings. The van der Waals surface area contributed by atoms with E-state index in [4.69, 9.17) is 11.6 Å². The highest BCUT2D eigenvalue weighted by molar-refractivity contribution is 6.33. The fraction of sp³-hybridized carbons (Fsp3) is 0.462. The summed E-state index contributed by atoms with van der Waals surface area (Å²) in [6, 6.07) is 4.39. The maximum atomic E-state index is 12.0. The van der Waals surface area contributed by atoms with Gasteiger partial charge in [-0.3, -0.25) is 4.79 Å². The Bertz CT molecular complexity index is 421. The molecule has 18 heavy (non-hydrogen) atoms. The van der Waals surface area contributed by atoms with Gasteiger partial charge in [-0.05, 0) is 52.2 Å². The first-order valence-corrected chi connectivity index (χ1v) is 6.22. The highest BCUT2D eigenvalue weighted by Gasteiger charge is 2.13. The van der Waals surface area contributed by atoms with Crippen LogP contribution in [0.2, 0.25) is 5.02 Å². The summed E-state index contributed by atoms with van der Waals surface area (Å²) >= 11 is 5.92. The number of hydrogen-bond donors (Lipinski definition) is 2. The third-order valence-corrected chi connectivity index (χ3v) is 2.91. The molecule has 0 aliphatic rings. The summed E-state index contributed by atoms with van der Waals surface area (Å²) in [5.41, 5.74) is 0.299. The molecule has 0 radical (unpaired) electrons. The largest absolute Gasteiger partial charge is 0.508 e. The van der Waals surface area contributed by atoms with Crippen molar-refractivity contribution >= 4 is 17.5 Å². The fourth-order valence-corrected chi connectivity index (χ4v) is 1.72. The summed E-state index contributed by atoms with van der Waals surface area (Å²) in [6.07, 6.45) is 0.856. The van der Waals surface area contributed by atoms with Gasteiger partial charge in [0.2, 0.25) is 0 Å². The van der Waals surface area contributed by atoms with Gasteiger partial charge in [-0.1, -0.05) is 11.6 Å². The Balaban J connectivity index is 2.62. The molecule has 0 heterocycles. The van der Waals surface area contributed by atoms with Gasteiger partial charge in [-0.15, -0.1) is 0 Å². The number of nitrogens with zero attached hydrogens (tertiary/aromatic N) is 1. The van der Waals surface area contributed by atoms with E-state index in [1.54, 1.807) is 0 Å². The van der Waals surface area contributed by atoms with Crippen LogP contribution in [0.1, 0.15) is 23.7 Å². The maximum Gasteiger partial charge on any atom is 0.253 e. The Labute approximate surface area is 113 Å². The summed E-state index contributed by atoms with van der Waals surface area (Å²) in [6.45, 7) is 2.84. The van der Waals surface area contributed by atoms with Gasteiger partial charge in [0.05, 0.1) is 10.6 Å². The zero-order chi connectivity index (χ0) is 13.7. The van der Waals surface area contributed by atoms with Gasteiger partial charge in [0, 0.05) is 6.04 Å². The molecule has 1 rings (SSSR count).